The fraction of sp³-hybridized carbons (Fsp3) is 0.500. The first kappa shape index (κ1) is 21.3. The highest BCUT2D eigenvalue weighted by Crippen LogP contribution is 2.22. The summed E-state index contributed by atoms with van der Waals surface area (Å²) in [6.07, 6.45) is 0. The summed E-state index contributed by atoms with van der Waals surface area (Å²) in [6.45, 7) is 8.87. The molecule has 1 aliphatic rings. The van der Waals surface area contributed by atoms with E-state index in [4.69, 9.17) is 9.15 Å². The van der Waals surface area contributed by atoms with Crippen molar-refractivity contribution < 1.29 is 18.7 Å². The van der Waals surface area contributed by atoms with E-state index in [9.17, 15) is 9.59 Å². The summed E-state index contributed by atoms with van der Waals surface area (Å²) in [5.41, 5.74) is 1.78. The molecule has 0 bridgehead atoms. The smallest absolute Gasteiger partial charge is 0.277 e. The van der Waals surface area contributed by atoms with Crippen LogP contribution in [0.1, 0.15) is 42.6 Å². The van der Waals surface area contributed by atoms with Crippen LogP contribution >= 0.6 is 11.8 Å². The van der Waals surface area contributed by atoms with Gasteiger partial charge in [0.05, 0.1) is 25.5 Å². The maximum atomic E-state index is 12.3. The van der Waals surface area contributed by atoms with E-state index in [0.717, 1.165) is 0 Å². The number of ether oxygens (including phenoxy) is 1. The van der Waals surface area contributed by atoms with Crippen molar-refractivity contribution in [1.29, 1.82) is 0 Å². The van der Waals surface area contributed by atoms with Crippen molar-refractivity contribution in [3.8, 4) is 0 Å². The van der Waals surface area contributed by atoms with Crippen LogP contribution in [0, 0.1) is 0 Å². The summed E-state index contributed by atoms with van der Waals surface area (Å²) >= 11 is 1.19. The van der Waals surface area contributed by atoms with E-state index in [1.807, 2.05) is 24.3 Å². The normalized spacial score (nSPS) is 14.7. The van der Waals surface area contributed by atoms with E-state index in [2.05, 4.69) is 36.3 Å². The molecule has 29 heavy (non-hydrogen) atoms. The molecule has 0 radical (unpaired) electrons. The fourth-order valence-corrected chi connectivity index (χ4v) is 3.46. The minimum atomic E-state index is -0.208. The SMILES string of the molecule is CC(C)(C)c1ccc(C(=O)NCc2nnc(SCC(=O)N3CCOCC3)o2)cc1. The predicted octanol–water partition coefficient (Wildman–Crippen LogP) is 2.25. The lowest BCUT2D eigenvalue weighted by Crippen LogP contribution is -2.41. The van der Waals surface area contributed by atoms with Crippen molar-refractivity contribution in [1.82, 2.24) is 20.4 Å². The van der Waals surface area contributed by atoms with Crippen LogP contribution in [0.3, 0.4) is 0 Å². The molecule has 9 heteroatoms. The van der Waals surface area contributed by atoms with Gasteiger partial charge < -0.3 is 19.4 Å². The Balaban J connectivity index is 1.46. The van der Waals surface area contributed by atoms with Gasteiger partial charge in [-0.3, -0.25) is 9.59 Å². The van der Waals surface area contributed by atoms with Crippen LogP contribution in [0.25, 0.3) is 0 Å². The number of rotatable bonds is 6. The molecule has 1 saturated heterocycles. The third-order valence-electron chi connectivity index (χ3n) is 4.54. The van der Waals surface area contributed by atoms with E-state index in [0.29, 0.717) is 43.0 Å². The van der Waals surface area contributed by atoms with Crippen LogP contribution in [-0.4, -0.2) is 59.0 Å². The number of hydrogen-bond acceptors (Lipinski definition) is 7. The second-order valence-electron chi connectivity index (χ2n) is 7.75. The Kier molecular flexibility index (Phi) is 6.92. The van der Waals surface area contributed by atoms with Crippen LogP contribution in [0.2, 0.25) is 0 Å². The lowest BCUT2D eigenvalue weighted by atomic mass is 9.87. The number of carbonyl (C=O) groups excluding carboxylic acids is 2. The molecule has 8 nitrogen and oxygen atoms in total. The molecule has 1 fully saturated rings. The first-order valence-corrected chi connectivity index (χ1v) is 10.5. The average Bonchev–Trinajstić information content (AvgIpc) is 3.18. The number of carbonyl (C=O) groups is 2. The molecule has 0 spiro atoms. The second kappa shape index (κ2) is 9.41. The van der Waals surface area contributed by atoms with Crippen molar-refractivity contribution in [3.05, 3.63) is 41.3 Å². The summed E-state index contributed by atoms with van der Waals surface area (Å²) < 4.78 is 10.7. The Morgan fingerprint density at radius 1 is 1.14 bits per heavy atom. The van der Waals surface area contributed by atoms with Crippen molar-refractivity contribution in [2.45, 2.75) is 38.0 Å². The van der Waals surface area contributed by atoms with Crippen molar-refractivity contribution in [2.24, 2.45) is 0 Å². The number of morpholine rings is 1. The van der Waals surface area contributed by atoms with Gasteiger partial charge in [0, 0.05) is 18.7 Å². The lowest BCUT2D eigenvalue weighted by molar-refractivity contribution is -0.132. The summed E-state index contributed by atoms with van der Waals surface area (Å²) in [6, 6.07) is 7.54. The van der Waals surface area contributed by atoms with Gasteiger partial charge >= 0.3 is 0 Å². The van der Waals surface area contributed by atoms with Gasteiger partial charge in [-0.2, -0.15) is 0 Å². The summed E-state index contributed by atoms with van der Waals surface area (Å²) in [5.74, 6) is 0.338. The Morgan fingerprint density at radius 2 is 1.83 bits per heavy atom. The van der Waals surface area contributed by atoms with Gasteiger partial charge in [0.1, 0.15) is 0 Å². The summed E-state index contributed by atoms with van der Waals surface area (Å²) in [4.78, 5) is 26.2. The Morgan fingerprint density at radius 3 is 2.48 bits per heavy atom. The molecule has 2 heterocycles. The van der Waals surface area contributed by atoms with Crippen molar-refractivity contribution in [2.75, 3.05) is 32.1 Å². The molecule has 1 N–H and O–H groups in total. The van der Waals surface area contributed by atoms with Gasteiger partial charge in [0.15, 0.2) is 0 Å². The molecule has 156 valence electrons. The van der Waals surface area contributed by atoms with Gasteiger partial charge in [-0.05, 0) is 23.1 Å². The number of nitrogens with zero attached hydrogens (tertiary/aromatic N) is 3. The second-order valence-corrected chi connectivity index (χ2v) is 8.68. The molecule has 1 aromatic heterocycles. The quantitative estimate of drug-likeness (QED) is 0.719. The van der Waals surface area contributed by atoms with Gasteiger partial charge in [0.2, 0.25) is 11.8 Å². The number of aromatic nitrogens is 2. The average molecular weight is 419 g/mol. The lowest BCUT2D eigenvalue weighted by Gasteiger charge is -2.26. The third kappa shape index (κ3) is 6.04. The highest BCUT2D eigenvalue weighted by molar-refractivity contribution is 7.99. The zero-order valence-electron chi connectivity index (χ0n) is 16.9. The molecule has 1 aromatic carbocycles. The van der Waals surface area contributed by atoms with E-state index >= 15 is 0 Å². The zero-order chi connectivity index (χ0) is 20.9. The highest BCUT2D eigenvalue weighted by atomic mass is 32.2. The Hall–Kier alpha value is -2.39. The van der Waals surface area contributed by atoms with Crippen molar-refractivity contribution >= 4 is 23.6 Å². The molecule has 2 aromatic rings. The number of hydrogen-bond donors (Lipinski definition) is 1. The number of thioether (sulfide) groups is 1. The molecule has 0 aliphatic carbocycles. The number of benzene rings is 1. The van der Waals surface area contributed by atoms with Gasteiger partial charge in [-0.25, -0.2) is 0 Å². The van der Waals surface area contributed by atoms with Crippen LogP contribution in [0.5, 0.6) is 0 Å². The topological polar surface area (TPSA) is 97.6 Å². The minimum absolute atomic E-state index is 0.0186. The molecule has 0 unspecified atom stereocenters. The van der Waals surface area contributed by atoms with E-state index in [1.54, 1.807) is 4.90 Å². The predicted molar refractivity (Wildman–Crippen MR) is 109 cm³/mol. The minimum Gasteiger partial charge on any atom is -0.414 e. The van der Waals surface area contributed by atoms with Crippen LogP contribution in [-0.2, 0) is 21.5 Å². The molecule has 1 aliphatic heterocycles. The maximum Gasteiger partial charge on any atom is 0.277 e. The molecule has 0 atom stereocenters. The number of nitrogens with one attached hydrogen (secondary N) is 1. The first-order chi connectivity index (χ1) is 13.8. The fourth-order valence-electron chi connectivity index (χ4n) is 2.78. The third-order valence-corrected chi connectivity index (χ3v) is 5.35. The molecular weight excluding hydrogens is 392 g/mol. The monoisotopic (exact) mass is 418 g/mol. The first-order valence-electron chi connectivity index (χ1n) is 9.52. The molecular formula is C20H26N4O4S. The molecule has 0 saturated carbocycles. The summed E-state index contributed by atoms with van der Waals surface area (Å²) in [5, 5.41) is 10.9. The largest absolute Gasteiger partial charge is 0.414 e. The van der Waals surface area contributed by atoms with E-state index < -0.39 is 0 Å². The van der Waals surface area contributed by atoms with Crippen LogP contribution < -0.4 is 5.32 Å². The van der Waals surface area contributed by atoms with Crippen LogP contribution in [0.4, 0.5) is 0 Å². The maximum absolute atomic E-state index is 12.3. The highest BCUT2D eigenvalue weighted by Gasteiger charge is 2.19. The zero-order valence-corrected chi connectivity index (χ0v) is 17.8. The molecule has 3 rings (SSSR count). The Labute approximate surface area is 174 Å². The van der Waals surface area contributed by atoms with E-state index in [-0.39, 0.29) is 29.5 Å². The van der Waals surface area contributed by atoms with Gasteiger partial charge in [-0.15, -0.1) is 10.2 Å². The van der Waals surface area contributed by atoms with Gasteiger partial charge in [-0.1, -0.05) is 44.7 Å². The number of amides is 2. The van der Waals surface area contributed by atoms with E-state index in [1.165, 1.54) is 17.3 Å². The standard InChI is InChI=1S/C20H26N4O4S/c1-20(2,3)15-6-4-14(5-7-15)18(26)21-12-16-22-23-19(28-16)29-13-17(25)24-8-10-27-11-9-24/h4-7H,8-13H2,1-3H3,(H,21,26). The Bertz CT molecular complexity index is 839. The summed E-state index contributed by atoms with van der Waals surface area (Å²) in [7, 11) is 0. The van der Waals surface area contributed by atoms with Gasteiger partial charge in [0.25, 0.3) is 11.1 Å². The van der Waals surface area contributed by atoms with Crippen molar-refractivity contribution in [3.63, 3.8) is 0 Å². The van der Waals surface area contributed by atoms with Crippen LogP contribution in [0.15, 0.2) is 33.9 Å². The molecule has 2 amide bonds.